The average molecular weight is 292 g/mol. The van der Waals surface area contributed by atoms with E-state index < -0.39 is 11.7 Å². The second-order valence-corrected chi connectivity index (χ2v) is 6.26. The molecule has 1 unspecified atom stereocenters. The van der Waals surface area contributed by atoms with E-state index in [2.05, 4.69) is 10.6 Å². The van der Waals surface area contributed by atoms with Gasteiger partial charge in [0.2, 0.25) is 0 Å². The number of morpholine rings is 1. The summed E-state index contributed by atoms with van der Waals surface area (Å²) in [7, 11) is 0. The van der Waals surface area contributed by atoms with Gasteiger partial charge in [-0.05, 0) is 44.9 Å². The Balaban J connectivity index is 2.03. The van der Waals surface area contributed by atoms with Crippen LogP contribution in [0.5, 0.6) is 0 Å². The van der Waals surface area contributed by atoms with Gasteiger partial charge in [-0.3, -0.25) is 5.32 Å². The number of carbonyl (C=O) groups excluding carboxylic acids is 1. The molecule has 1 atom stereocenters. The molecule has 0 saturated carbocycles. The molecule has 2 N–H and O–H groups in total. The second-order valence-electron chi connectivity index (χ2n) is 6.26. The summed E-state index contributed by atoms with van der Waals surface area (Å²) in [6, 6.07) is 5.92. The molecule has 0 radical (unpaired) electrons. The van der Waals surface area contributed by atoms with Gasteiger partial charge in [0.25, 0.3) is 0 Å². The highest BCUT2D eigenvalue weighted by Gasteiger charge is 2.19. The molecule has 1 heterocycles. The van der Waals surface area contributed by atoms with Gasteiger partial charge in [-0.2, -0.15) is 0 Å². The first kappa shape index (κ1) is 15.8. The summed E-state index contributed by atoms with van der Waals surface area (Å²) in [6.45, 7) is 9.93. The van der Waals surface area contributed by atoms with Crippen LogP contribution in [0.4, 0.5) is 10.5 Å². The fraction of sp³-hybridized carbons (Fsp3) is 0.562. The third-order valence-corrected chi connectivity index (χ3v) is 3.19. The number of hydrogen-bond acceptors (Lipinski definition) is 4. The van der Waals surface area contributed by atoms with E-state index >= 15 is 0 Å². The molecule has 5 heteroatoms. The topological polar surface area (TPSA) is 59.6 Å². The van der Waals surface area contributed by atoms with E-state index in [1.54, 1.807) is 0 Å². The van der Waals surface area contributed by atoms with Gasteiger partial charge in [-0.25, -0.2) is 4.79 Å². The van der Waals surface area contributed by atoms with E-state index in [1.807, 2.05) is 45.9 Å². The predicted octanol–water partition coefficient (Wildman–Crippen LogP) is 3.00. The molecular formula is C16H24N2O3. The lowest BCUT2D eigenvalue weighted by molar-refractivity contribution is 0.0277. The normalized spacial score (nSPS) is 19.1. The van der Waals surface area contributed by atoms with Crippen molar-refractivity contribution < 1.29 is 14.3 Å². The van der Waals surface area contributed by atoms with Gasteiger partial charge < -0.3 is 14.8 Å². The number of anilines is 1. The third kappa shape index (κ3) is 4.72. The van der Waals surface area contributed by atoms with Crippen LogP contribution in [0, 0.1) is 6.92 Å². The van der Waals surface area contributed by atoms with Gasteiger partial charge >= 0.3 is 6.09 Å². The van der Waals surface area contributed by atoms with Crippen molar-refractivity contribution in [1.29, 1.82) is 0 Å². The maximum atomic E-state index is 11.8. The van der Waals surface area contributed by atoms with Crippen LogP contribution in [0.15, 0.2) is 18.2 Å². The first-order valence-corrected chi connectivity index (χ1v) is 7.28. The van der Waals surface area contributed by atoms with Crippen molar-refractivity contribution in [1.82, 2.24) is 5.32 Å². The van der Waals surface area contributed by atoms with Crippen molar-refractivity contribution in [2.45, 2.75) is 39.4 Å². The minimum absolute atomic E-state index is 0.0769. The van der Waals surface area contributed by atoms with E-state index in [0.717, 1.165) is 36.5 Å². The molecular weight excluding hydrogens is 268 g/mol. The highest BCUT2D eigenvalue weighted by atomic mass is 16.6. The standard InChI is InChI=1S/C16H24N2O3/c1-11-9-12(14-10-17-7-8-20-14)5-6-13(11)18-15(19)21-16(2,3)4/h5-6,9,14,17H,7-8,10H2,1-4H3,(H,18,19). The summed E-state index contributed by atoms with van der Waals surface area (Å²) < 4.78 is 11.0. The number of benzene rings is 1. The minimum atomic E-state index is -0.500. The smallest absolute Gasteiger partial charge is 0.412 e. The maximum absolute atomic E-state index is 11.8. The van der Waals surface area contributed by atoms with Crippen molar-refractivity contribution in [2.24, 2.45) is 0 Å². The van der Waals surface area contributed by atoms with Gasteiger partial charge in [0, 0.05) is 18.8 Å². The lowest BCUT2D eigenvalue weighted by atomic mass is 10.0. The Morgan fingerprint density at radius 2 is 2.19 bits per heavy atom. The van der Waals surface area contributed by atoms with Crippen molar-refractivity contribution in [3.63, 3.8) is 0 Å². The molecule has 5 nitrogen and oxygen atoms in total. The molecule has 1 amide bonds. The summed E-state index contributed by atoms with van der Waals surface area (Å²) in [6.07, 6.45) is -0.359. The molecule has 0 spiro atoms. The number of hydrogen-bond donors (Lipinski definition) is 2. The number of carbonyl (C=O) groups is 1. The third-order valence-electron chi connectivity index (χ3n) is 3.19. The largest absolute Gasteiger partial charge is 0.444 e. The maximum Gasteiger partial charge on any atom is 0.412 e. The van der Waals surface area contributed by atoms with Gasteiger partial charge in [0.05, 0.1) is 12.7 Å². The molecule has 0 aromatic heterocycles. The van der Waals surface area contributed by atoms with Crippen LogP contribution in [0.2, 0.25) is 0 Å². The molecule has 1 aromatic rings. The summed E-state index contributed by atoms with van der Waals surface area (Å²) in [5, 5.41) is 6.09. The van der Waals surface area contributed by atoms with Crippen molar-refractivity contribution >= 4 is 11.8 Å². The number of amides is 1. The molecule has 1 aromatic carbocycles. The first-order chi connectivity index (χ1) is 9.85. The van der Waals surface area contributed by atoms with E-state index in [4.69, 9.17) is 9.47 Å². The van der Waals surface area contributed by atoms with E-state index in [1.165, 1.54) is 0 Å². The Hall–Kier alpha value is -1.59. The Morgan fingerprint density at radius 3 is 2.76 bits per heavy atom. The van der Waals surface area contributed by atoms with Crippen molar-refractivity contribution in [3.05, 3.63) is 29.3 Å². The van der Waals surface area contributed by atoms with E-state index in [9.17, 15) is 4.79 Å². The summed E-state index contributed by atoms with van der Waals surface area (Å²) in [5.74, 6) is 0. The number of rotatable bonds is 2. The second kappa shape index (κ2) is 6.45. The Kier molecular flexibility index (Phi) is 4.85. The molecule has 1 aliphatic heterocycles. The Morgan fingerprint density at radius 1 is 1.43 bits per heavy atom. The fourth-order valence-corrected chi connectivity index (χ4v) is 2.22. The summed E-state index contributed by atoms with van der Waals surface area (Å²) in [5.41, 5.74) is 2.37. The molecule has 1 saturated heterocycles. The SMILES string of the molecule is Cc1cc(C2CNCCO2)ccc1NC(=O)OC(C)(C)C. The molecule has 0 aliphatic carbocycles. The molecule has 2 rings (SSSR count). The minimum Gasteiger partial charge on any atom is -0.444 e. The molecule has 116 valence electrons. The van der Waals surface area contributed by atoms with Crippen LogP contribution in [-0.4, -0.2) is 31.4 Å². The lowest BCUT2D eigenvalue weighted by Crippen LogP contribution is -2.33. The van der Waals surface area contributed by atoms with Crippen LogP contribution in [0.1, 0.15) is 38.0 Å². The monoisotopic (exact) mass is 292 g/mol. The number of aryl methyl sites for hydroxylation is 1. The van der Waals surface area contributed by atoms with E-state index in [-0.39, 0.29) is 6.10 Å². The highest BCUT2D eigenvalue weighted by molar-refractivity contribution is 5.85. The van der Waals surface area contributed by atoms with Crippen LogP contribution < -0.4 is 10.6 Å². The van der Waals surface area contributed by atoms with Crippen molar-refractivity contribution in [2.75, 3.05) is 25.0 Å². The van der Waals surface area contributed by atoms with Gasteiger partial charge in [-0.15, -0.1) is 0 Å². The summed E-state index contributed by atoms with van der Waals surface area (Å²) >= 11 is 0. The Labute approximate surface area is 126 Å². The van der Waals surface area contributed by atoms with E-state index in [0.29, 0.717) is 0 Å². The molecule has 1 aliphatic rings. The zero-order chi connectivity index (χ0) is 15.5. The van der Waals surface area contributed by atoms with Crippen LogP contribution in [0.25, 0.3) is 0 Å². The predicted molar refractivity (Wildman–Crippen MR) is 82.6 cm³/mol. The number of ether oxygens (including phenoxy) is 2. The lowest BCUT2D eigenvalue weighted by Gasteiger charge is -2.25. The van der Waals surface area contributed by atoms with Gasteiger partial charge in [-0.1, -0.05) is 12.1 Å². The van der Waals surface area contributed by atoms with Crippen LogP contribution in [-0.2, 0) is 9.47 Å². The highest BCUT2D eigenvalue weighted by Crippen LogP contribution is 2.24. The van der Waals surface area contributed by atoms with Gasteiger partial charge in [0.15, 0.2) is 0 Å². The molecule has 0 bridgehead atoms. The number of nitrogens with one attached hydrogen (secondary N) is 2. The zero-order valence-corrected chi connectivity index (χ0v) is 13.2. The van der Waals surface area contributed by atoms with Crippen molar-refractivity contribution in [3.8, 4) is 0 Å². The average Bonchev–Trinajstić information content (AvgIpc) is 2.40. The van der Waals surface area contributed by atoms with Crippen LogP contribution in [0.3, 0.4) is 0 Å². The zero-order valence-electron chi connectivity index (χ0n) is 13.2. The fourth-order valence-electron chi connectivity index (χ4n) is 2.22. The van der Waals surface area contributed by atoms with Gasteiger partial charge in [0.1, 0.15) is 5.60 Å². The Bertz CT molecular complexity index is 503. The van der Waals surface area contributed by atoms with Crippen LogP contribution >= 0.6 is 0 Å². The summed E-state index contributed by atoms with van der Waals surface area (Å²) in [4.78, 5) is 11.8. The molecule has 21 heavy (non-hydrogen) atoms. The first-order valence-electron chi connectivity index (χ1n) is 7.28. The quantitative estimate of drug-likeness (QED) is 0.879. The molecule has 1 fully saturated rings.